The van der Waals surface area contributed by atoms with Crippen molar-refractivity contribution in [3.8, 4) is 0 Å². The van der Waals surface area contributed by atoms with Crippen molar-refractivity contribution in [2.45, 2.75) is 348 Å². The molecule has 10 heteroatoms. The Bertz CT molecular complexity index is 1830. The van der Waals surface area contributed by atoms with Gasteiger partial charge in [-0.05, 0) is 115 Å². The van der Waals surface area contributed by atoms with Crippen LogP contribution in [-0.2, 0) is 27.9 Å². The van der Waals surface area contributed by atoms with Crippen LogP contribution in [0.3, 0.4) is 0 Å². The Morgan fingerprint density at radius 1 is 0.398 bits per heavy atom. The van der Waals surface area contributed by atoms with E-state index in [1.165, 1.54) is 212 Å². The summed E-state index contributed by atoms with van der Waals surface area (Å²) in [5.41, 5.74) is 0. The maximum absolute atomic E-state index is 13.6. The van der Waals surface area contributed by atoms with Crippen LogP contribution in [0.2, 0.25) is 0 Å². The van der Waals surface area contributed by atoms with Crippen molar-refractivity contribution in [1.29, 1.82) is 0 Å². The molecule has 0 heterocycles. The molecule has 510 valence electrons. The molecule has 2 N–H and O–H groups in total. The number of rotatable bonds is 67. The van der Waals surface area contributed by atoms with E-state index in [0.717, 1.165) is 89.9 Å². The minimum Gasteiger partial charge on any atom is -0.456 e. The molecule has 1 amide bonds. The molecule has 0 bridgehead atoms. The summed E-state index contributed by atoms with van der Waals surface area (Å²) < 4.78 is 30.9. The summed E-state index contributed by atoms with van der Waals surface area (Å²) in [5, 5.41) is 3.07. The molecule has 0 aromatic carbocycles. The van der Waals surface area contributed by atoms with Crippen LogP contribution in [0.1, 0.15) is 335 Å². The Morgan fingerprint density at radius 2 is 0.693 bits per heavy atom. The minimum atomic E-state index is -4.46. The number of unbranched alkanes of at least 4 members (excludes halogenated alkanes) is 37. The fourth-order valence-corrected chi connectivity index (χ4v) is 11.3. The van der Waals surface area contributed by atoms with Crippen LogP contribution in [0.5, 0.6) is 0 Å². The van der Waals surface area contributed by atoms with Gasteiger partial charge in [0.1, 0.15) is 19.3 Å². The molecule has 0 rings (SSSR count). The molecule has 0 spiro atoms. The molecule has 0 aromatic rings. The van der Waals surface area contributed by atoms with E-state index in [1.807, 2.05) is 33.3 Å². The van der Waals surface area contributed by atoms with Gasteiger partial charge < -0.3 is 19.4 Å². The molecule has 0 aliphatic carbocycles. The molecular formula is C78H142N2O7P+. The first-order chi connectivity index (χ1) is 42.9. The predicted molar refractivity (Wildman–Crippen MR) is 383 cm³/mol. The molecule has 0 aliphatic rings. The van der Waals surface area contributed by atoms with Gasteiger partial charge in [0.2, 0.25) is 5.91 Å². The summed E-state index contributed by atoms with van der Waals surface area (Å²) in [7, 11) is 1.49. The van der Waals surface area contributed by atoms with E-state index in [0.29, 0.717) is 17.4 Å². The van der Waals surface area contributed by atoms with Crippen molar-refractivity contribution in [2.24, 2.45) is 0 Å². The average Bonchev–Trinajstić information content (AvgIpc) is 3.61. The van der Waals surface area contributed by atoms with Crippen molar-refractivity contribution >= 4 is 19.7 Å². The molecule has 0 aromatic heterocycles. The predicted octanol–water partition coefficient (Wildman–Crippen LogP) is 23.8. The first-order valence-corrected chi connectivity index (χ1v) is 38.6. The number of carbonyl (C=O) groups is 2. The number of esters is 1. The van der Waals surface area contributed by atoms with Gasteiger partial charge in [-0.2, -0.15) is 0 Å². The summed E-state index contributed by atoms with van der Waals surface area (Å²) in [6.07, 6.45) is 91.3. The lowest BCUT2D eigenvalue weighted by molar-refractivity contribution is -0.870. The Balaban J connectivity index is 5.04. The first kappa shape index (κ1) is 84.9. The summed E-state index contributed by atoms with van der Waals surface area (Å²) in [6.45, 7) is 6.98. The van der Waals surface area contributed by atoms with Crippen molar-refractivity contribution in [3.63, 3.8) is 0 Å². The minimum absolute atomic E-state index is 0.0358. The van der Waals surface area contributed by atoms with Crippen LogP contribution >= 0.6 is 7.82 Å². The third kappa shape index (κ3) is 67.3. The van der Waals surface area contributed by atoms with E-state index in [-0.39, 0.29) is 31.5 Å². The van der Waals surface area contributed by atoms with Crippen LogP contribution in [0, 0.1) is 0 Å². The van der Waals surface area contributed by atoms with Gasteiger partial charge in [-0.15, -0.1) is 0 Å². The lowest BCUT2D eigenvalue weighted by Crippen LogP contribution is -2.47. The second-order valence-electron chi connectivity index (χ2n) is 26.1. The molecule has 3 unspecified atom stereocenters. The van der Waals surface area contributed by atoms with Crippen LogP contribution in [0.25, 0.3) is 0 Å². The normalized spacial score (nSPS) is 14.0. The molecule has 0 saturated carbocycles. The second kappa shape index (κ2) is 66.8. The van der Waals surface area contributed by atoms with Gasteiger partial charge in [-0.1, -0.05) is 305 Å². The van der Waals surface area contributed by atoms with Crippen LogP contribution in [0.15, 0.2) is 97.2 Å². The number of phosphoric ester groups is 1. The van der Waals surface area contributed by atoms with Crippen LogP contribution in [0.4, 0.5) is 0 Å². The maximum atomic E-state index is 13.6. The number of allylic oxidation sites excluding steroid dienone is 15. The van der Waals surface area contributed by atoms with E-state index in [4.69, 9.17) is 13.8 Å². The highest BCUT2D eigenvalue weighted by atomic mass is 31.2. The second-order valence-corrected chi connectivity index (χ2v) is 27.6. The zero-order valence-corrected chi connectivity index (χ0v) is 59.3. The number of carbonyl (C=O) groups excluding carboxylic acids is 2. The van der Waals surface area contributed by atoms with E-state index >= 15 is 0 Å². The smallest absolute Gasteiger partial charge is 0.456 e. The van der Waals surface area contributed by atoms with E-state index in [1.54, 1.807) is 0 Å². The van der Waals surface area contributed by atoms with E-state index < -0.39 is 20.0 Å². The lowest BCUT2D eigenvalue weighted by Gasteiger charge is -2.27. The SMILES string of the molecule is CCCCC/C=C\C/C=C\C/C=C\C/C=C\CCCCCCCCCCCCCC(=O)OC(/C=C/CCCCCCCCCCCC)C(COP(=O)(O)OCC[N+](C)(C)C)NC(=O)CCCCCCCCCCCC/C=C\C/C=C\C/C=C\CCCCC. The zero-order valence-electron chi connectivity index (χ0n) is 58.5. The molecule has 0 aliphatic heterocycles. The third-order valence-corrected chi connectivity index (χ3v) is 17.2. The van der Waals surface area contributed by atoms with Crippen molar-refractivity contribution in [2.75, 3.05) is 40.9 Å². The lowest BCUT2D eigenvalue weighted by atomic mass is 10.0. The van der Waals surface area contributed by atoms with Gasteiger partial charge in [-0.25, -0.2) is 4.57 Å². The van der Waals surface area contributed by atoms with E-state index in [9.17, 15) is 19.0 Å². The van der Waals surface area contributed by atoms with Gasteiger partial charge >= 0.3 is 13.8 Å². The highest BCUT2D eigenvalue weighted by molar-refractivity contribution is 7.47. The molecular weight excluding hydrogens is 1110 g/mol. The van der Waals surface area contributed by atoms with Gasteiger partial charge in [0.05, 0.1) is 33.8 Å². The number of amides is 1. The quantitative estimate of drug-likeness (QED) is 0.0205. The van der Waals surface area contributed by atoms with Crippen LogP contribution < -0.4 is 5.32 Å². The standard InChI is InChI=1S/C78H141N2O7P/c1-7-10-13-16-19-22-25-28-30-32-34-36-38-39-40-41-43-45-47-49-51-53-56-59-62-65-68-71-78(82)87-76(69-66-63-60-57-54-27-24-21-18-15-12-9-3)75(74-86-88(83,84)85-73-72-80(4,5)6)79-77(81)70-67-64-61-58-55-52-50-48-46-44-42-37-35-33-31-29-26-23-20-17-14-11-8-2/h19-20,22-23,28-31,34-37,39-40,66,69,75-76H,7-18,21,24-27,32-33,38,41-65,67-68,70-74H2,1-6H3,(H-,79,81,83,84)/p+1/b22-19-,23-20-,30-28-,31-29-,36-34-,37-35-,40-39-,69-66+. The summed E-state index contributed by atoms with van der Waals surface area (Å²) in [6, 6.07) is -0.858. The molecule has 88 heavy (non-hydrogen) atoms. The maximum Gasteiger partial charge on any atom is 0.472 e. The molecule has 0 fully saturated rings. The van der Waals surface area contributed by atoms with Gasteiger partial charge in [-0.3, -0.25) is 18.6 Å². The van der Waals surface area contributed by atoms with Gasteiger partial charge in [0.15, 0.2) is 0 Å². The monoisotopic (exact) mass is 1250 g/mol. The Hall–Kier alpha value is -3.07. The highest BCUT2D eigenvalue weighted by Crippen LogP contribution is 2.43. The largest absolute Gasteiger partial charge is 0.472 e. The highest BCUT2D eigenvalue weighted by Gasteiger charge is 2.30. The fourth-order valence-electron chi connectivity index (χ4n) is 10.5. The number of hydrogen-bond acceptors (Lipinski definition) is 6. The number of phosphoric acid groups is 1. The fraction of sp³-hybridized carbons (Fsp3) is 0.769. The number of ether oxygens (including phenoxy) is 1. The summed E-state index contributed by atoms with van der Waals surface area (Å²) in [4.78, 5) is 38.0. The number of nitrogens with zero attached hydrogens (tertiary/aromatic N) is 1. The molecule has 0 saturated heterocycles. The Kier molecular flexibility index (Phi) is 64.5. The van der Waals surface area contributed by atoms with Gasteiger partial charge in [0, 0.05) is 12.8 Å². The number of hydrogen-bond donors (Lipinski definition) is 2. The topological polar surface area (TPSA) is 111 Å². The summed E-state index contributed by atoms with van der Waals surface area (Å²) in [5.74, 6) is -0.507. The first-order valence-electron chi connectivity index (χ1n) is 37.1. The number of quaternary nitrogens is 1. The van der Waals surface area contributed by atoms with Crippen molar-refractivity contribution in [3.05, 3.63) is 97.2 Å². The Morgan fingerprint density at radius 3 is 1.06 bits per heavy atom. The Labute approximate surface area is 545 Å². The molecule has 3 atom stereocenters. The van der Waals surface area contributed by atoms with Crippen LogP contribution in [-0.4, -0.2) is 74.3 Å². The number of nitrogens with one attached hydrogen (secondary N) is 1. The number of likely N-dealkylation sites (N-methyl/N-ethyl adjacent to an activating group) is 1. The van der Waals surface area contributed by atoms with E-state index in [2.05, 4.69) is 111 Å². The summed E-state index contributed by atoms with van der Waals surface area (Å²) >= 11 is 0. The molecule has 0 radical (unpaired) electrons. The molecule has 9 nitrogen and oxygen atoms in total. The third-order valence-electron chi connectivity index (χ3n) is 16.2. The van der Waals surface area contributed by atoms with Crippen molar-refractivity contribution in [1.82, 2.24) is 5.32 Å². The average molecular weight is 1250 g/mol. The van der Waals surface area contributed by atoms with Gasteiger partial charge in [0.25, 0.3) is 0 Å². The van der Waals surface area contributed by atoms with Crippen molar-refractivity contribution < 1.29 is 37.3 Å². The zero-order chi connectivity index (χ0) is 64.2.